The van der Waals surface area contributed by atoms with Gasteiger partial charge < -0.3 is 5.11 Å². The van der Waals surface area contributed by atoms with E-state index in [4.69, 9.17) is 5.11 Å². The third-order valence-corrected chi connectivity index (χ3v) is 5.81. The van der Waals surface area contributed by atoms with E-state index in [9.17, 15) is 8.42 Å². The van der Waals surface area contributed by atoms with Gasteiger partial charge in [0.2, 0.25) is 10.0 Å². The van der Waals surface area contributed by atoms with E-state index in [-0.39, 0.29) is 17.4 Å². The van der Waals surface area contributed by atoms with Gasteiger partial charge in [-0.3, -0.25) is 4.68 Å². The maximum absolute atomic E-state index is 12.0. The van der Waals surface area contributed by atoms with Crippen LogP contribution in [0.4, 0.5) is 0 Å². The molecule has 2 aromatic heterocycles. The van der Waals surface area contributed by atoms with E-state index >= 15 is 0 Å². The molecular weight excluding hydrogens is 286 g/mol. The average molecular weight is 301 g/mol. The highest BCUT2D eigenvalue weighted by Gasteiger charge is 2.17. The van der Waals surface area contributed by atoms with Gasteiger partial charge in [-0.15, -0.1) is 11.3 Å². The summed E-state index contributed by atoms with van der Waals surface area (Å²) >= 11 is 1.06. The number of aliphatic hydroxyl groups is 1. The van der Waals surface area contributed by atoms with Crippen LogP contribution in [0.2, 0.25) is 0 Å². The quantitative estimate of drug-likeness (QED) is 0.854. The highest BCUT2D eigenvalue weighted by Crippen LogP contribution is 2.21. The summed E-state index contributed by atoms with van der Waals surface area (Å²) < 4.78 is 28.5. The lowest BCUT2D eigenvalue weighted by Crippen LogP contribution is -2.22. The number of thiophene rings is 1. The molecule has 0 bridgehead atoms. The standard InChI is InChI=1S/C11H15N3O3S2/c1-8-9(5-12-14(8)2)6-13-19(16,17)11-4-3-10(7-15)18-11/h3-5,13,15H,6-7H2,1-2H3. The van der Waals surface area contributed by atoms with Crippen LogP contribution in [-0.4, -0.2) is 23.3 Å². The fourth-order valence-corrected chi connectivity index (χ4v) is 3.82. The summed E-state index contributed by atoms with van der Waals surface area (Å²) in [6.45, 7) is 1.93. The van der Waals surface area contributed by atoms with Crippen molar-refractivity contribution in [1.82, 2.24) is 14.5 Å². The molecule has 2 rings (SSSR count). The van der Waals surface area contributed by atoms with Crippen molar-refractivity contribution in [3.05, 3.63) is 34.5 Å². The van der Waals surface area contributed by atoms with E-state index < -0.39 is 10.0 Å². The summed E-state index contributed by atoms with van der Waals surface area (Å²) in [7, 11) is -1.73. The van der Waals surface area contributed by atoms with E-state index in [2.05, 4.69) is 9.82 Å². The molecular formula is C11H15N3O3S2. The normalized spacial score (nSPS) is 11.9. The van der Waals surface area contributed by atoms with Crippen LogP contribution in [0.1, 0.15) is 16.1 Å². The number of nitrogens with one attached hydrogen (secondary N) is 1. The molecule has 2 N–H and O–H groups in total. The minimum atomic E-state index is -3.53. The predicted octanol–water partition coefficient (Wildman–Crippen LogP) is 0.761. The molecule has 2 aromatic rings. The zero-order valence-corrected chi connectivity index (χ0v) is 12.3. The van der Waals surface area contributed by atoms with Crippen LogP contribution in [0.5, 0.6) is 0 Å². The number of aryl methyl sites for hydroxylation is 1. The maximum atomic E-state index is 12.0. The minimum Gasteiger partial charge on any atom is -0.391 e. The Morgan fingerprint density at radius 1 is 1.47 bits per heavy atom. The van der Waals surface area contributed by atoms with Crippen molar-refractivity contribution in [3.63, 3.8) is 0 Å². The predicted molar refractivity (Wildman–Crippen MR) is 72.2 cm³/mol. The minimum absolute atomic E-state index is 0.151. The van der Waals surface area contributed by atoms with Crippen LogP contribution >= 0.6 is 11.3 Å². The summed E-state index contributed by atoms with van der Waals surface area (Å²) in [5.74, 6) is 0. The van der Waals surface area contributed by atoms with Gasteiger partial charge >= 0.3 is 0 Å². The van der Waals surface area contributed by atoms with Crippen molar-refractivity contribution in [1.29, 1.82) is 0 Å². The Morgan fingerprint density at radius 3 is 2.74 bits per heavy atom. The van der Waals surface area contributed by atoms with Crippen LogP contribution in [0.15, 0.2) is 22.5 Å². The number of sulfonamides is 1. The SMILES string of the molecule is Cc1c(CNS(=O)(=O)c2ccc(CO)s2)cnn1C. The van der Waals surface area contributed by atoms with Gasteiger partial charge in [0.05, 0.1) is 12.8 Å². The molecule has 104 valence electrons. The van der Waals surface area contributed by atoms with Crippen LogP contribution in [0.3, 0.4) is 0 Å². The van der Waals surface area contributed by atoms with Gasteiger partial charge in [-0.05, 0) is 19.1 Å². The number of nitrogens with zero attached hydrogens (tertiary/aromatic N) is 2. The number of aliphatic hydroxyl groups excluding tert-OH is 1. The number of hydrogen-bond donors (Lipinski definition) is 2. The molecule has 0 fully saturated rings. The molecule has 0 unspecified atom stereocenters. The van der Waals surface area contributed by atoms with Crippen LogP contribution in [0, 0.1) is 6.92 Å². The number of hydrogen-bond acceptors (Lipinski definition) is 5. The molecule has 6 nitrogen and oxygen atoms in total. The van der Waals surface area contributed by atoms with E-state index in [0.29, 0.717) is 4.88 Å². The third kappa shape index (κ3) is 3.03. The molecule has 0 spiro atoms. The van der Waals surface area contributed by atoms with Crippen molar-refractivity contribution in [3.8, 4) is 0 Å². The number of aromatic nitrogens is 2. The first kappa shape index (κ1) is 14.2. The highest BCUT2D eigenvalue weighted by molar-refractivity contribution is 7.91. The Labute approximate surface area is 115 Å². The Balaban J connectivity index is 2.11. The molecule has 0 atom stereocenters. The van der Waals surface area contributed by atoms with Crippen LogP contribution < -0.4 is 4.72 Å². The molecule has 0 saturated carbocycles. The summed E-state index contributed by atoms with van der Waals surface area (Å²) in [5, 5.41) is 13.0. The molecule has 2 heterocycles. The van der Waals surface area contributed by atoms with Gasteiger partial charge in [-0.2, -0.15) is 5.10 Å². The maximum Gasteiger partial charge on any atom is 0.250 e. The lowest BCUT2D eigenvalue weighted by molar-refractivity contribution is 0.285. The lowest BCUT2D eigenvalue weighted by atomic mass is 10.3. The second-order valence-corrected chi connectivity index (χ2v) is 7.24. The summed E-state index contributed by atoms with van der Waals surface area (Å²) in [5.41, 5.74) is 1.76. The molecule has 19 heavy (non-hydrogen) atoms. The average Bonchev–Trinajstić information content (AvgIpc) is 2.97. The molecule has 8 heteroatoms. The first-order chi connectivity index (χ1) is 8.94. The van der Waals surface area contributed by atoms with Gasteiger partial charge in [-0.25, -0.2) is 13.1 Å². The zero-order valence-electron chi connectivity index (χ0n) is 10.6. The van der Waals surface area contributed by atoms with Crippen molar-refractivity contribution in [2.24, 2.45) is 7.05 Å². The smallest absolute Gasteiger partial charge is 0.250 e. The van der Waals surface area contributed by atoms with Gasteiger partial charge in [-0.1, -0.05) is 0 Å². The first-order valence-electron chi connectivity index (χ1n) is 5.61. The Kier molecular flexibility index (Phi) is 4.04. The van der Waals surface area contributed by atoms with Crippen molar-refractivity contribution >= 4 is 21.4 Å². The van der Waals surface area contributed by atoms with E-state index in [1.54, 1.807) is 24.0 Å². The highest BCUT2D eigenvalue weighted by atomic mass is 32.2. The second-order valence-electron chi connectivity index (χ2n) is 4.08. The van der Waals surface area contributed by atoms with Crippen molar-refractivity contribution < 1.29 is 13.5 Å². The van der Waals surface area contributed by atoms with E-state index in [1.165, 1.54) is 6.07 Å². The Bertz CT molecular complexity index is 673. The van der Waals surface area contributed by atoms with Crippen molar-refractivity contribution in [2.45, 2.75) is 24.3 Å². The largest absolute Gasteiger partial charge is 0.391 e. The van der Waals surface area contributed by atoms with Crippen LogP contribution in [-0.2, 0) is 30.2 Å². The summed E-state index contributed by atoms with van der Waals surface area (Å²) in [6.07, 6.45) is 1.64. The molecule has 0 saturated heterocycles. The van der Waals surface area contributed by atoms with Crippen LogP contribution in [0.25, 0.3) is 0 Å². The molecule has 0 amide bonds. The third-order valence-electron chi connectivity index (χ3n) is 2.85. The Morgan fingerprint density at radius 2 is 2.21 bits per heavy atom. The molecule has 0 aliphatic rings. The second kappa shape index (κ2) is 5.41. The molecule has 0 aliphatic carbocycles. The first-order valence-corrected chi connectivity index (χ1v) is 7.90. The van der Waals surface area contributed by atoms with E-state index in [1.807, 2.05) is 6.92 Å². The van der Waals surface area contributed by atoms with Gasteiger partial charge in [0.25, 0.3) is 0 Å². The summed E-state index contributed by atoms with van der Waals surface area (Å²) in [6, 6.07) is 3.10. The Hall–Kier alpha value is -1.22. The fourth-order valence-electron chi connectivity index (χ4n) is 1.55. The molecule has 0 aliphatic heterocycles. The summed E-state index contributed by atoms with van der Waals surface area (Å²) in [4.78, 5) is 0.623. The molecule has 0 aromatic carbocycles. The fraction of sp³-hybridized carbons (Fsp3) is 0.364. The number of rotatable bonds is 5. The lowest BCUT2D eigenvalue weighted by Gasteiger charge is -2.04. The zero-order chi connectivity index (χ0) is 14.0. The monoisotopic (exact) mass is 301 g/mol. The van der Waals surface area contributed by atoms with E-state index in [0.717, 1.165) is 22.6 Å². The molecule has 0 radical (unpaired) electrons. The van der Waals surface area contributed by atoms with Gasteiger partial charge in [0.15, 0.2) is 0 Å². The van der Waals surface area contributed by atoms with Gasteiger partial charge in [0, 0.05) is 29.7 Å². The van der Waals surface area contributed by atoms with Gasteiger partial charge in [0.1, 0.15) is 4.21 Å². The topological polar surface area (TPSA) is 84.2 Å². The van der Waals surface area contributed by atoms with Crippen molar-refractivity contribution in [2.75, 3.05) is 0 Å².